The maximum Gasteiger partial charge on any atom is 0.416 e. The molecule has 0 spiro atoms. The number of nitrogens with zero attached hydrogens (tertiary/aromatic N) is 1. The van der Waals surface area contributed by atoms with Gasteiger partial charge in [-0.15, -0.1) is 0 Å². The van der Waals surface area contributed by atoms with Crippen molar-refractivity contribution in [1.29, 1.82) is 0 Å². The van der Waals surface area contributed by atoms with Gasteiger partial charge in [-0.25, -0.2) is 0 Å². The molecule has 1 amide bonds. The van der Waals surface area contributed by atoms with Crippen LogP contribution in [0, 0.1) is 0 Å². The van der Waals surface area contributed by atoms with Gasteiger partial charge in [0.15, 0.2) is 0 Å². The summed E-state index contributed by atoms with van der Waals surface area (Å²) < 4.78 is 38.8. The van der Waals surface area contributed by atoms with Gasteiger partial charge in [0.1, 0.15) is 0 Å². The first-order chi connectivity index (χ1) is 10.9. The van der Waals surface area contributed by atoms with Gasteiger partial charge in [0.2, 0.25) is 5.91 Å². The van der Waals surface area contributed by atoms with Crippen LogP contribution in [-0.4, -0.2) is 37.0 Å². The largest absolute Gasteiger partial charge is 0.416 e. The normalized spacial score (nSPS) is 23.7. The van der Waals surface area contributed by atoms with E-state index >= 15 is 0 Å². The fraction of sp³-hybridized carbons (Fsp3) is 0.588. The summed E-state index contributed by atoms with van der Waals surface area (Å²) in [6, 6.07) is 5.52. The number of halogens is 3. The number of alkyl halides is 3. The SMILES string of the molecule is CNC1CCCN(C(=O)C2(c3cccc(C(F)(F)F)c3)CC2)C1. The molecule has 0 bridgehead atoms. The van der Waals surface area contributed by atoms with Crippen LogP contribution in [0.25, 0.3) is 0 Å². The van der Waals surface area contributed by atoms with E-state index in [4.69, 9.17) is 0 Å². The molecule has 2 fully saturated rings. The van der Waals surface area contributed by atoms with Crippen molar-refractivity contribution in [3.8, 4) is 0 Å². The third-order valence-electron chi connectivity index (χ3n) is 5.02. The molecule has 1 aliphatic heterocycles. The van der Waals surface area contributed by atoms with E-state index in [2.05, 4.69) is 5.32 Å². The summed E-state index contributed by atoms with van der Waals surface area (Å²) in [7, 11) is 1.87. The Kier molecular flexibility index (Phi) is 4.12. The molecule has 0 aromatic heterocycles. The van der Waals surface area contributed by atoms with Gasteiger partial charge in [0, 0.05) is 19.1 Å². The number of likely N-dealkylation sites (tertiary alicyclic amines) is 1. The van der Waals surface area contributed by atoms with Crippen LogP contribution in [0.4, 0.5) is 13.2 Å². The lowest BCUT2D eigenvalue weighted by molar-refractivity contribution is -0.138. The minimum Gasteiger partial charge on any atom is -0.340 e. The maximum absolute atomic E-state index is 12.9. The van der Waals surface area contributed by atoms with Crippen LogP contribution in [0.15, 0.2) is 24.3 Å². The van der Waals surface area contributed by atoms with E-state index in [0.29, 0.717) is 31.5 Å². The fourth-order valence-corrected chi connectivity index (χ4v) is 3.44. The van der Waals surface area contributed by atoms with Crippen LogP contribution in [0.2, 0.25) is 0 Å². The number of rotatable bonds is 3. The van der Waals surface area contributed by atoms with Gasteiger partial charge >= 0.3 is 6.18 Å². The zero-order valence-electron chi connectivity index (χ0n) is 13.1. The number of benzene rings is 1. The number of carbonyl (C=O) groups excluding carboxylic acids is 1. The summed E-state index contributed by atoms with van der Waals surface area (Å²) in [6.45, 7) is 1.33. The van der Waals surface area contributed by atoms with Crippen LogP contribution in [0.1, 0.15) is 36.8 Å². The highest BCUT2D eigenvalue weighted by atomic mass is 19.4. The Morgan fingerprint density at radius 3 is 2.70 bits per heavy atom. The predicted molar refractivity (Wildman–Crippen MR) is 81.0 cm³/mol. The van der Waals surface area contributed by atoms with Crippen molar-refractivity contribution in [2.24, 2.45) is 0 Å². The molecule has 1 aliphatic carbocycles. The van der Waals surface area contributed by atoms with E-state index in [1.165, 1.54) is 6.07 Å². The standard InChI is InChI=1S/C17H21F3N2O/c1-21-14-6-3-9-22(11-14)15(23)16(7-8-16)12-4-2-5-13(10-12)17(18,19)20/h2,4-5,10,14,21H,3,6-9,11H2,1H3. The second-order valence-corrected chi connectivity index (χ2v) is 6.54. The minimum atomic E-state index is -4.38. The van der Waals surface area contributed by atoms with Crippen molar-refractivity contribution in [3.05, 3.63) is 35.4 Å². The van der Waals surface area contributed by atoms with E-state index in [1.54, 1.807) is 6.07 Å². The first-order valence-corrected chi connectivity index (χ1v) is 8.01. The lowest BCUT2D eigenvalue weighted by atomic mass is 9.91. The van der Waals surface area contributed by atoms with Crippen LogP contribution in [0.5, 0.6) is 0 Å². The average Bonchev–Trinajstić information content (AvgIpc) is 3.35. The molecule has 3 nitrogen and oxygen atoms in total. The molecule has 3 rings (SSSR count). The summed E-state index contributed by atoms with van der Waals surface area (Å²) >= 11 is 0. The summed E-state index contributed by atoms with van der Waals surface area (Å²) in [5.74, 6) is -0.0169. The topological polar surface area (TPSA) is 32.3 Å². The molecule has 6 heteroatoms. The summed E-state index contributed by atoms with van der Waals surface area (Å²) in [5, 5.41) is 3.19. The third-order valence-corrected chi connectivity index (χ3v) is 5.02. The zero-order valence-corrected chi connectivity index (χ0v) is 13.1. The first kappa shape index (κ1) is 16.3. The molecule has 23 heavy (non-hydrogen) atoms. The van der Waals surface area contributed by atoms with Crippen LogP contribution in [0.3, 0.4) is 0 Å². The third kappa shape index (κ3) is 3.09. The lowest BCUT2D eigenvalue weighted by Crippen LogP contribution is -2.50. The number of carbonyl (C=O) groups is 1. The molecular weight excluding hydrogens is 305 g/mol. The molecule has 1 aromatic rings. The second kappa shape index (κ2) is 5.82. The van der Waals surface area contributed by atoms with Gasteiger partial charge in [0.25, 0.3) is 0 Å². The molecular formula is C17H21F3N2O. The van der Waals surface area contributed by atoms with Crippen molar-refractivity contribution in [3.63, 3.8) is 0 Å². The molecule has 1 heterocycles. The second-order valence-electron chi connectivity index (χ2n) is 6.54. The number of amides is 1. The molecule has 0 radical (unpaired) electrons. The van der Waals surface area contributed by atoms with E-state index in [1.807, 2.05) is 11.9 Å². The highest BCUT2D eigenvalue weighted by Crippen LogP contribution is 2.50. The van der Waals surface area contributed by atoms with E-state index in [9.17, 15) is 18.0 Å². The van der Waals surface area contributed by atoms with E-state index in [-0.39, 0.29) is 11.9 Å². The highest BCUT2D eigenvalue weighted by molar-refractivity contribution is 5.91. The summed E-state index contributed by atoms with van der Waals surface area (Å²) in [6.07, 6.45) is -1.16. The van der Waals surface area contributed by atoms with Crippen LogP contribution >= 0.6 is 0 Å². The quantitative estimate of drug-likeness (QED) is 0.926. The number of hydrogen-bond acceptors (Lipinski definition) is 2. The monoisotopic (exact) mass is 326 g/mol. The van der Waals surface area contributed by atoms with Gasteiger partial charge in [-0.05, 0) is 44.4 Å². The molecule has 1 saturated carbocycles. The smallest absolute Gasteiger partial charge is 0.340 e. The number of nitrogens with one attached hydrogen (secondary N) is 1. The Hall–Kier alpha value is -1.56. The first-order valence-electron chi connectivity index (χ1n) is 8.01. The number of likely N-dealkylation sites (N-methyl/N-ethyl adjacent to an activating group) is 1. The summed E-state index contributed by atoms with van der Waals surface area (Å²) in [5.41, 5.74) is -0.915. The lowest BCUT2D eigenvalue weighted by Gasteiger charge is -2.35. The Balaban J connectivity index is 1.83. The Morgan fingerprint density at radius 1 is 1.35 bits per heavy atom. The van der Waals surface area contributed by atoms with Crippen molar-refractivity contribution in [1.82, 2.24) is 10.2 Å². The fourth-order valence-electron chi connectivity index (χ4n) is 3.44. The number of hydrogen-bond donors (Lipinski definition) is 1. The molecule has 1 atom stereocenters. The van der Waals surface area contributed by atoms with Gasteiger partial charge < -0.3 is 10.2 Å². The molecule has 1 saturated heterocycles. The van der Waals surface area contributed by atoms with E-state index in [0.717, 1.165) is 25.0 Å². The van der Waals surface area contributed by atoms with Crippen molar-refractivity contribution in [2.75, 3.05) is 20.1 Å². The van der Waals surface area contributed by atoms with E-state index < -0.39 is 17.2 Å². The molecule has 1 N–H and O–H groups in total. The van der Waals surface area contributed by atoms with Crippen LogP contribution in [-0.2, 0) is 16.4 Å². The van der Waals surface area contributed by atoms with Crippen molar-refractivity contribution < 1.29 is 18.0 Å². The average molecular weight is 326 g/mol. The number of piperidine rings is 1. The molecule has 1 unspecified atom stereocenters. The predicted octanol–water partition coefficient (Wildman–Crippen LogP) is 2.95. The molecule has 126 valence electrons. The zero-order chi connectivity index (χ0) is 16.7. The van der Waals surface area contributed by atoms with Gasteiger partial charge in [-0.3, -0.25) is 4.79 Å². The maximum atomic E-state index is 12.9. The Labute approximate surface area is 133 Å². The minimum absolute atomic E-state index is 0.0169. The van der Waals surface area contributed by atoms with Crippen molar-refractivity contribution in [2.45, 2.75) is 43.3 Å². The van der Waals surface area contributed by atoms with Gasteiger partial charge in [-0.1, -0.05) is 18.2 Å². The van der Waals surface area contributed by atoms with Gasteiger partial charge in [0.05, 0.1) is 11.0 Å². The highest BCUT2D eigenvalue weighted by Gasteiger charge is 2.53. The molecule has 2 aliphatic rings. The Bertz CT molecular complexity index is 596. The molecule has 1 aromatic carbocycles. The Morgan fingerprint density at radius 2 is 2.09 bits per heavy atom. The van der Waals surface area contributed by atoms with Crippen LogP contribution < -0.4 is 5.32 Å². The van der Waals surface area contributed by atoms with Crippen molar-refractivity contribution >= 4 is 5.91 Å². The van der Waals surface area contributed by atoms with Gasteiger partial charge in [-0.2, -0.15) is 13.2 Å². The summed E-state index contributed by atoms with van der Waals surface area (Å²) in [4.78, 5) is 14.7.